The highest BCUT2D eigenvalue weighted by atomic mass is 16.6. The van der Waals surface area contributed by atoms with Crippen molar-refractivity contribution in [1.29, 1.82) is 0 Å². The molecule has 0 saturated carbocycles. The predicted octanol–water partition coefficient (Wildman–Crippen LogP) is 0.142. The minimum atomic E-state index is -1.20. The monoisotopic (exact) mass is 271 g/mol. The second-order valence-corrected chi connectivity index (χ2v) is 3.66. The summed E-state index contributed by atoms with van der Waals surface area (Å²) in [5, 5.41) is 21.6. The fourth-order valence-corrected chi connectivity index (χ4v) is 1.35. The van der Waals surface area contributed by atoms with Gasteiger partial charge >= 0.3 is 11.8 Å². The summed E-state index contributed by atoms with van der Waals surface area (Å²) in [6.45, 7) is 0.169. The zero-order chi connectivity index (χ0) is 14.4. The first-order chi connectivity index (χ1) is 8.95. The lowest BCUT2D eigenvalue weighted by atomic mass is 10.2. The van der Waals surface area contributed by atoms with Crippen molar-refractivity contribution < 1.29 is 24.4 Å². The maximum Gasteiger partial charge on any atom is 0.326 e. The molecule has 9 nitrogen and oxygen atoms in total. The van der Waals surface area contributed by atoms with Crippen LogP contribution in [0.2, 0.25) is 0 Å². The number of H-pyrrole nitrogens is 1. The molecule has 1 heterocycles. The molecule has 1 aromatic heterocycles. The maximum atomic E-state index is 11.7. The van der Waals surface area contributed by atoms with Gasteiger partial charge in [-0.25, -0.2) is 9.78 Å². The van der Waals surface area contributed by atoms with Crippen LogP contribution in [0, 0.1) is 10.1 Å². The molecular weight excluding hydrogens is 258 g/mol. The van der Waals surface area contributed by atoms with Gasteiger partial charge in [0.2, 0.25) is 0 Å². The Bertz CT molecular complexity index is 483. The van der Waals surface area contributed by atoms with Crippen LogP contribution in [0.5, 0.6) is 0 Å². The van der Waals surface area contributed by atoms with Crippen molar-refractivity contribution in [2.75, 3.05) is 13.7 Å². The molecule has 9 heteroatoms. The molecule has 0 radical (unpaired) electrons. The van der Waals surface area contributed by atoms with Gasteiger partial charge in [0.15, 0.2) is 5.69 Å². The quantitative estimate of drug-likeness (QED) is 0.477. The molecule has 1 amide bonds. The number of carboxylic acids is 1. The summed E-state index contributed by atoms with van der Waals surface area (Å²) >= 11 is 0. The lowest BCUT2D eigenvalue weighted by Gasteiger charge is -2.12. The second kappa shape index (κ2) is 6.50. The summed E-state index contributed by atoms with van der Waals surface area (Å²) in [5.74, 6) is -2.27. The van der Waals surface area contributed by atoms with Crippen LogP contribution in [-0.4, -0.2) is 46.6 Å². The third-order valence-corrected chi connectivity index (χ3v) is 2.33. The molecule has 0 bridgehead atoms. The molecule has 1 unspecified atom stereocenters. The first-order valence-electron chi connectivity index (χ1n) is 5.31. The molecular formula is C10H13N3O6. The zero-order valence-electron chi connectivity index (χ0n) is 10.1. The van der Waals surface area contributed by atoms with Crippen molar-refractivity contribution in [2.24, 2.45) is 0 Å². The van der Waals surface area contributed by atoms with E-state index in [1.807, 2.05) is 0 Å². The number of ether oxygens (including phenoxy) is 1. The fourth-order valence-electron chi connectivity index (χ4n) is 1.35. The van der Waals surface area contributed by atoms with Crippen molar-refractivity contribution in [3.05, 3.63) is 27.9 Å². The van der Waals surface area contributed by atoms with Gasteiger partial charge in [-0.05, 0) is 11.0 Å². The van der Waals surface area contributed by atoms with E-state index in [4.69, 9.17) is 9.84 Å². The lowest BCUT2D eigenvalue weighted by molar-refractivity contribution is -0.389. The van der Waals surface area contributed by atoms with E-state index in [-0.39, 0.29) is 24.5 Å². The van der Waals surface area contributed by atoms with Crippen LogP contribution in [0.1, 0.15) is 16.9 Å². The van der Waals surface area contributed by atoms with E-state index in [1.54, 1.807) is 0 Å². The number of carboxylic acid groups (broad SMARTS) is 1. The first-order valence-corrected chi connectivity index (χ1v) is 5.31. The van der Waals surface area contributed by atoms with Gasteiger partial charge in [-0.1, -0.05) is 0 Å². The summed E-state index contributed by atoms with van der Waals surface area (Å²) in [4.78, 5) is 34.6. The van der Waals surface area contributed by atoms with Gasteiger partial charge in [-0.2, -0.15) is 0 Å². The molecule has 3 N–H and O–H groups in total. The molecule has 1 aromatic rings. The molecule has 0 aromatic carbocycles. The van der Waals surface area contributed by atoms with Crippen LogP contribution in [0.3, 0.4) is 0 Å². The van der Waals surface area contributed by atoms with Gasteiger partial charge in [0.05, 0.1) is 0 Å². The smallest absolute Gasteiger partial charge is 0.326 e. The Morgan fingerprint density at radius 1 is 1.58 bits per heavy atom. The van der Waals surface area contributed by atoms with Gasteiger partial charge in [0.25, 0.3) is 5.91 Å². The molecule has 0 saturated heterocycles. The Kier molecular flexibility index (Phi) is 5.01. The molecule has 104 valence electrons. The van der Waals surface area contributed by atoms with E-state index in [0.717, 1.165) is 6.07 Å². The maximum absolute atomic E-state index is 11.7. The Hall–Kier alpha value is -2.42. The first kappa shape index (κ1) is 14.6. The normalized spacial score (nSPS) is 11.8. The number of nitro groups is 1. The topological polar surface area (TPSA) is 135 Å². The summed E-state index contributed by atoms with van der Waals surface area (Å²) in [7, 11) is 1.41. The Balaban J connectivity index is 2.70. The fraction of sp³-hybridized carbons (Fsp3) is 0.400. The minimum absolute atomic E-state index is 0.0737. The molecule has 0 aliphatic rings. The number of methoxy groups -OCH3 is 1. The second-order valence-electron chi connectivity index (χ2n) is 3.66. The molecule has 0 fully saturated rings. The Morgan fingerprint density at radius 3 is 2.74 bits per heavy atom. The zero-order valence-corrected chi connectivity index (χ0v) is 10.1. The van der Waals surface area contributed by atoms with E-state index >= 15 is 0 Å². The number of aliphatic carboxylic acids is 1. The number of nitrogens with one attached hydrogen (secondary N) is 2. The molecule has 19 heavy (non-hydrogen) atoms. The minimum Gasteiger partial charge on any atom is -0.480 e. The third-order valence-electron chi connectivity index (χ3n) is 2.33. The van der Waals surface area contributed by atoms with Crippen LogP contribution in [0.4, 0.5) is 5.82 Å². The van der Waals surface area contributed by atoms with Crippen LogP contribution in [0.15, 0.2) is 12.1 Å². The number of amides is 1. The van der Waals surface area contributed by atoms with Crippen LogP contribution < -0.4 is 5.32 Å². The van der Waals surface area contributed by atoms with Gasteiger partial charge in [-0.15, -0.1) is 0 Å². The highest BCUT2D eigenvalue weighted by Crippen LogP contribution is 2.10. The average Bonchev–Trinajstić information content (AvgIpc) is 2.83. The molecule has 0 aliphatic heterocycles. The van der Waals surface area contributed by atoms with Gasteiger partial charge in [0, 0.05) is 26.2 Å². The summed E-state index contributed by atoms with van der Waals surface area (Å²) in [6.07, 6.45) is 0.0976. The van der Waals surface area contributed by atoms with Gasteiger partial charge < -0.3 is 25.3 Å². The highest BCUT2D eigenvalue weighted by Gasteiger charge is 2.23. The van der Waals surface area contributed by atoms with Crippen LogP contribution >= 0.6 is 0 Å². The van der Waals surface area contributed by atoms with Crippen LogP contribution in [-0.2, 0) is 9.53 Å². The van der Waals surface area contributed by atoms with E-state index in [1.165, 1.54) is 13.2 Å². The highest BCUT2D eigenvalue weighted by molar-refractivity contribution is 5.95. The van der Waals surface area contributed by atoms with Gasteiger partial charge in [-0.3, -0.25) is 4.79 Å². The van der Waals surface area contributed by atoms with E-state index < -0.39 is 22.8 Å². The summed E-state index contributed by atoms with van der Waals surface area (Å²) in [5.41, 5.74) is -0.0737. The number of carbonyl (C=O) groups excluding carboxylic acids is 1. The number of hydrogen-bond acceptors (Lipinski definition) is 5. The molecule has 1 rings (SSSR count). The summed E-state index contributed by atoms with van der Waals surface area (Å²) in [6, 6.07) is 1.22. The van der Waals surface area contributed by atoms with Crippen molar-refractivity contribution >= 4 is 17.7 Å². The molecule has 1 atom stereocenters. The molecule has 0 spiro atoms. The van der Waals surface area contributed by atoms with Crippen molar-refractivity contribution in [1.82, 2.24) is 10.3 Å². The predicted molar refractivity (Wildman–Crippen MR) is 62.8 cm³/mol. The van der Waals surface area contributed by atoms with E-state index in [9.17, 15) is 19.7 Å². The number of aromatic nitrogens is 1. The third kappa shape index (κ3) is 4.07. The standard InChI is InChI=1S/C10H13N3O6/c1-19-5-4-7(10(15)16)12-9(14)6-2-3-8(11-6)13(17)18/h2-3,7,11H,4-5H2,1H3,(H,12,14)(H,15,16). The summed E-state index contributed by atoms with van der Waals surface area (Å²) < 4.78 is 4.73. The van der Waals surface area contributed by atoms with E-state index in [0.29, 0.717) is 0 Å². The SMILES string of the molecule is COCCC(NC(=O)c1ccc([N+](=O)[O-])[nH]1)C(=O)O. The number of aromatic amines is 1. The van der Waals surface area contributed by atoms with Crippen molar-refractivity contribution in [3.8, 4) is 0 Å². The lowest BCUT2D eigenvalue weighted by Crippen LogP contribution is -2.41. The largest absolute Gasteiger partial charge is 0.480 e. The van der Waals surface area contributed by atoms with E-state index in [2.05, 4.69) is 10.3 Å². The Morgan fingerprint density at radius 2 is 2.26 bits per heavy atom. The van der Waals surface area contributed by atoms with Crippen molar-refractivity contribution in [2.45, 2.75) is 12.5 Å². The number of nitrogens with zero attached hydrogens (tertiary/aromatic N) is 1. The van der Waals surface area contributed by atoms with Gasteiger partial charge in [0.1, 0.15) is 6.04 Å². The number of carbonyl (C=O) groups is 2. The van der Waals surface area contributed by atoms with Crippen LogP contribution in [0.25, 0.3) is 0 Å². The number of rotatable bonds is 7. The molecule has 0 aliphatic carbocycles. The Labute approximate surface area is 107 Å². The number of hydrogen-bond donors (Lipinski definition) is 3. The average molecular weight is 271 g/mol. The van der Waals surface area contributed by atoms with Crippen molar-refractivity contribution in [3.63, 3.8) is 0 Å².